The molecule has 0 aliphatic rings. The van der Waals surface area contributed by atoms with Gasteiger partial charge < -0.3 is 5.73 Å². The molecule has 20 heavy (non-hydrogen) atoms. The van der Waals surface area contributed by atoms with Crippen molar-refractivity contribution in [3.63, 3.8) is 0 Å². The Morgan fingerprint density at radius 2 is 1.95 bits per heavy atom. The van der Waals surface area contributed by atoms with Crippen LogP contribution in [0.3, 0.4) is 0 Å². The summed E-state index contributed by atoms with van der Waals surface area (Å²) in [6, 6.07) is 11.9. The summed E-state index contributed by atoms with van der Waals surface area (Å²) in [6.45, 7) is 2.62. The normalized spacial score (nSPS) is 10.7. The molecule has 3 aromatic rings. The van der Waals surface area contributed by atoms with E-state index in [2.05, 4.69) is 27.2 Å². The van der Waals surface area contributed by atoms with Gasteiger partial charge in [-0.1, -0.05) is 30.3 Å². The number of rotatable bonds is 3. The van der Waals surface area contributed by atoms with Crippen molar-refractivity contribution < 1.29 is 0 Å². The molecule has 1 aromatic carbocycles. The van der Waals surface area contributed by atoms with E-state index in [-0.39, 0.29) is 0 Å². The lowest BCUT2D eigenvalue weighted by molar-refractivity contribution is 0.687. The zero-order valence-corrected chi connectivity index (χ0v) is 11.2. The van der Waals surface area contributed by atoms with E-state index in [0.717, 1.165) is 17.8 Å². The van der Waals surface area contributed by atoms with E-state index in [1.807, 2.05) is 36.0 Å². The van der Waals surface area contributed by atoms with Crippen molar-refractivity contribution in [1.82, 2.24) is 19.7 Å². The zero-order valence-electron chi connectivity index (χ0n) is 11.2. The number of nitrogen functional groups attached to an aromatic ring is 1. The molecular formula is C15H15N5. The van der Waals surface area contributed by atoms with Crippen LogP contribution in [0.2, 0.25) is 0 Å². The minimum absolute atomic E-state index is 0.475. The van der Waals surface area contributed by atoms with Crippen LogP contribution < -0.4 is 5.73 Å². The summed E-state index contributed by atoms with van der Waals surface area (Å²) in [5.41, 5.74) is 8.67. The molecule has 0 amide bonds. The summed E-state index contributed by atoms with van der Waals surface area (Å²) in [5.74, 6) is 1.09. The maximum atomic E-state index is 5.75. The van der Waals surface area contributed by atoms with Crippen molar-refractivity contribution in [2.24, 2.45) is 0 Å². The molecule has 2 heterocycles. The lowest BCUT2D eigenvalue weighted by Gasteiger charge is -2.01. The summed E-state index contributed by atoms with van der Waals surface area (Å²) in [6.07, 6.45) is 3.69. The summed E-state index contributed by atoms with van der Waals surface area (Å²) < 4.78 is 1.87. The zero-order chi connectivity index (χ0) is 13.9. The first-order valence-electron chi connectivity index (χ1n) is 6.38. The standard InChI is InChI=1S/C15H15N5/c1-11-7-14(16)19-15(18-11)13-8-17-20(10-13)9-12-5-3-2-4-6-12/h2-8,10H,9H2,1H3,(H2,16,18,19). The first-order chi connectivity index (χ1) is 9.70. The van der Waals surface area contributed by atoms with Crippen molar-refractivity contribution >= 4 is 5.82 Å². The average molecular weight is 265 g/mol. The van der Waals surface area contributed by atoms with Crippen LogP contribution >= 0.6 is 0 Å². The highest BCUT2D eigenvalue weighted by molar-refractivity contribution is 5.54. The van der Waals surface area contributed by atoms with Crippen LogP contribution in [0.4, 0.5) is 5.82 Å². The van der Waals surface area contributed by atoms with Gasteiger partial charge in [-0.15, -0.1) is 0 Å². The van der Waals surface area contributed by atoms with Gasteiger partial charge in [0.15, 0.2) is 5.82 Å². The third kappa shape index (κ3) is 2.66. The summed E-state index contributed by atoms with van der Waals surface area (Å²) in [7, 11) is 0. The van der Waals surface area contributed by atoms with E-state index < -0.39 is 0 Å². The van der Waals surface area contributed by atoms with Crippen LogP contribution in [0.15, 0.2) is 48.8 Å². The fourth-order valence-electron chi connectivity index (χ4n) is 2.06. The SMILES string of the molecule is Cc1cc(N)nc(-c2cnn(Cc3ccccc3)c2)n1. The smallest absolute Gasteiger partial charge is 0.164 e. The number of nitrogens with zero attached hydrogens (tertiary/aromatic N) is 4. The Balaban J connectivity index is 1.86. The molecule has 0 saturated heterocycles. The number of aryl methyl sites for hydroxylation is 1. The molecule has 3 rings (SSSR count). The molecule has 0 aliphatic heterocycles. The summed E-state index contributed by atoms with van der Waals surface area (Å²) in [4.78, 5) is 8.62. The van der Waals surface area contributed by atoms with Crippen LogP contribution in [-0.4, -0.2) is 19.7 Å². The maximum Gasteiger partial charge on any atom is 0.164 e. The minimum Gasteiger partial charge on any atom is -0.384 e. The maximum absolute atomic E-state index is 5.75. The Kier molecular flexibility index (Phi) is 3.16. The second-order valence-electron chi connectivity index (χ2n) is 4.67. The van der Waals surface area contributed by atoms with Gasteiger partial charge in [-0.3, -0.25) is 4.68 Å². The molecular weight excluding hydrogens is 250 g/mol. The molecule has 0 atom stereocenters. The molecule has 2 aromatic heterocycles. The van der Waals surface area contributed by atoms with E-state index in [4.69, 9.17) is 5.73 Å². The lowest BCUT2D eigenvalue weighted by atomic mass is 10.2. The molecule has 5 heteroatoms. The lowest BCUT2D eigenvalue weighted by Crippen LogP contribution is -1.99. The third-order valence-electron chi connectivity index (χ3n) is 2.95. The molecule has 0 aliphatic carbocycles. The second-order valence-corrected chi connectivity index (χ2v) is 4.67. The van der Waals surface area contributed by atoms with E-state index in [0.29, 0.717) is 11.6 Å². The number of anilines is 1. The van der Waals surface area contributed by atoms with E-state index in [1.165, 1.54) is 5.56 Å². The van der Waals surface area contributed by atoms with Crippen molar-refractivity contribution in [2.45, 2.75) is 13.5 Å². The number of benzene rings is 1. The number of hydrogen-bond donors (Lipinski definition) is 1. The van der Waals surface area contributed by atoms with Crippen LogP contribution in [0.1, 0.15) is 11.3 Å². The monoisotopic (exact) mass is 265 g/mol. The van der Waals surface area contributed by atoms with Crippen LogP contribution in [-0.2, 0) is 6.54 Å². The quantitative estimate of drug-likeness (QED) is 0.788. The minimum atomic E-state index is 0.475. The predicted molar refractivity (Wildman–Crippen MR) is 77.9 cm³/mol. The van der Waals surface area contributed by atoms with Gasteiger partial charge in [-0.2, -0.15) is 5.10 Å². The summed E-state index contributed by atoms with van der Waals surface area (Å²) in [5, 5.41) is 4.34. The number of aromatic nitrogens is 4. The van der Waals surface area contributed by atoms with Gasteiger partial charge in [0.2, 0.25) is 0 Å². The highest BCUT2D eigenvalue weighted by atomic mass is 15.3. The molecule has 100 valence electrons. The van der Waals surface area contributed by atoms with Gasteiger partial charge >= 0.3 is 0 Å². The van der Waals surface area contributed by atoms with E-state index in [1.54, 1.807) is 12.3 Å². The first kappa shape index (κ1) is 12.3. The second kappa shape index (κ2) is 5.13. The molecule has 0 unspecified atom stereocenters. The predicted octanol–water partition coefficient (Wildman–Crippen LogP) is 2.28. The van der Waals surface area contributed by atoms with Gasteiger partial charge in [0.05, 0.1) is 18.3 Å². The Bertz CT molecular complexity index is 698. The fraction of sp³-hybridized carbons (Fsp3) is 0.133. The molecule has 0 fully saturated rings. The van der Waals surface area contributed by atoms with Crippen molar-refractivity contribution in [3.05, 3.63) is 60.0 Å². The number of hydrogen-bond acceptors (Lipinski definition) is 4. The molecule has 5 nitrogen and oxygen atoms in total. The largest absolute Gasteiger partial charge is 0.384 e. The molecule has 0 saturated carbocycles. The Labute approximate surface area is 117 Å². The van der Waals surface area contributed by atoms with Gasteiger partial charge in [-0.25, -0.2) is 9.97 Å². The topological polar surface area (TPSA) is 69.6 Å². The highest BCUT2D eigenvalue weighted by Gasteiger charge is 2.06. The Hall–Kier alpha value is -2.69. The van der Waals surface area contributed by atoms with Gasteiger partial charge in [0, 0.05) is 18.0 Å². The average Bonchev–Trinajstić information content (AvgIpc) is 2.87. The molecule has 0 bridgehead atoms. The van der Waals surface area contributed by atoms with Crippen molar-refractivity contribution in [3.8, 4) is 11.4 Å². The molecule has 2 N–H and O–H groups in total. The Morgan fingerprint density at radius 3 is 2.70 bits per heavy atom. The molecule has 0 spiro atoms. The van der Waals surface area contributed by atoms with Gasteiger partial charge in [-0.05, 0) is 12.5 Å². The molecule has 0 radical (unpaired) electrons. The summed E-state index contributed by atoms with van der Waals surface area (Å²) >= 11 is 0. The van der Waals surface area contributed by atoms with Crippen LogP contribution in [0.5, 0.6) is 0 Å². The van der Waals surface area contributed by atoms with E-state index in [9.17, 15) is 0 Å². The van der Waals surface area contributed by atoms with Crippen LogP contribution in [0.25, 0.3) is 11.4 Å². The van der Waals surface area contributed by atoms with Crippen molar-refractivity contribution in [1.29, 1.82) is 0 Å². The number of nitrogens with two attached hydrogens (primary N) is 1. The highest BCUT2D eigenvalue weighted by Crippen LogP contribution is 2.16. The Morgan fingerprint density at radius 1 is 1.15 bits per heavy atom. The third-order valence-corrected chi connectivity index (χ3v) is 2.95. The van der Waals surface area contributed by atoms with Crippen LogP contribution in [0, 0.1) is 6.92 Å². The van der Waals surface area contributed by atoms with Gasteiger partial charge in [0.1, 0.15) is 5.82 Å². The van der Waals surface area contributed by atoms with Gasteiger partial charge in [0.25, 0.3) is 0 Å². The van der Waals surface area contributed by atoms with Crippen molar-refractivity contribution in [2.75, 3.05) is 5.73 Å². The van der Waals surface area contributed by atoms with E-state index >= 15 is 0 Å². The first-order valence-corrected chi connectivity index (χ1v) is 6.38. The fourth-order valence-corrected chi connectivity index (χ4v) is 2.06.